The lowest BCUT2D eigenvalue weighted by molar-refractivity contribution is -0.148. The minimum Gasteiger partial charge on any atom is -0.460 e. The molecule has 5 nitrogen and oxygen atoms in total. The zero-order valence-electron chi connectivity index (χ0n) is 13.6. The number of esters is 1. The largest absolute Gasteiger partial charge is 0.460 e. The molecule has 1 aliphatic heterocycles. The Labute approximate surface area is 144 Å². The van der Waals surface area contributed by atoms with Crippen molar-refractivity contribution < 1.29 is 18.7 Å². The highest BCUT2D eigenvalue weighted by molar-refractivity contribution is 6.08. The fourth-order valence-corrected chi connectivity index (χ4v) is 2.83. The third kappa shape index (κ3) is 3.74. The van der Waals surface area contributed by atoms with Gasteiger partial charge >= 0.3 is 12.0 Å². The first-order valence-electron chi connectivity index (χ1n) is 7.87. The summed E-state index contributed by atoms with van der Waals surface area (Å²) in [7, 11) is 0. The summed E-state index contributed by atoms with van der Waals surface area (Å²) in [4.78, 5) is 28.1. The number of carbonyl (C=O) groups is 2. The molecule has 0 spiro atoms. The van der Waals surface area contributed by atoms with Crippen molar-refractivity contribution in [2.45, 2.75) is 19.6 Å². The first kappa shape index (κ1) is 16.8. The van der Waals surface area contributed by atoms with Gasteiger partial charge in [0.05, 0.1) is 6.04 Å². The van der Waals surface area contributed by atoms with Gasteiger partial charge in [0.1, 0.15) is 18.3 Å². The molecule has 0 saturated heterocycles. The van der Waals surface area contributed by atoms with E-state index >= 15 is 0 Å². The molecule has 3 rings (SSSR count). The van der Waals surface area contributed by atoms with Gasteiger partial charge in [-0.1, -0.05) is 48.5 Å². The fraction of sp³-hybridized carbons (Fsp3) is 0.211. The van der Waals surface area contributed by atoms with E-state index in [1.807, 2.05) is 30.3 Å². The van der Waals surface area contributed by atoms with Crippen LogP contribution in [0.1, 0.15) is 24.1 Å². The highest BCUT2D eigenvalue weighted by Crippen LogP contribution is 2.29. The lowest BCUT2D eigenvalue weighted by atomic mass is 9.88. The van der Waals surface area contributed by atoms with Crippen LogP contribution in [0.5, 0.6) is 0 Å². The Morgan fingerprint density at radius 1 is 1.16 bits per heavy atom. The quantitative estimate of drug-likeness (QED) is 0.867. The number of ether oxygens (including phenoxy) is 1. The topological polar surface area (TPSA) is 67.8 Å². The van der Waals surface area contributed by atoms with Crippen molar-refractivity contribution in [2.24, 2.45) is 10.9 Å². The predicted octanol–water partition coefficient (Wildman–Crippen LogP) is 3.41. The van der Waals surface area contributed by atoms with E-state index in [4.69, 9.17) is 4.74 Å². The summed E-state index contributed by atoms with van der Waals surface area (Å²) in [5.41, 5.74) is 1.37. The van der Waals surface area contributed by atoms with Crippen LogP contribution in [0.3, 0.4) is 0 Å². The first-order chi connectivity index (χ1) is 12.1. The highest BCUT2D eigenvalue weighted by atomic mass is 19.1. The molecule has 2 amide bonds. The molecule has 1 aliphatic rings. The molecule has 0 radical (unpaired) electrons. The van der Waals surface area contributed by atoms with Gasteiger partial charge in [-0.2, -0.15) is 0 Å². The van der Waals surface area contributed by atoms with Gasteiger partial charge in [0.2, 0.25) is 0 Å². The second-order valence-electron chi connectivity index (χ2n) is 5.77. The lowest BCUT2D eigenvalue weighted by Crippen LogP contribution is -2.44. The molecule has 2 aromatic carbocycles. The number of nitrogens with one attached hydrogen (secondary N) is 1. The standard InChI is InChI=1S/C19H17FN2O3/c1-12-16(18(23)25-11-13-7-3-2-4-8-13)17(22-19(24)21-12)14-9-5-6-10-15(14)20/h2-10,16-17H,11H2,1H3,(H,22,24). The molecule has 2 atom stereocenters. The second-order valence-corrected chi connectivity index (χ2v) is 5.77. The molecular weight excluding hydrogens is 323 g/mol. The van der Waals surface area contributed by atoms with E-state index in [-0.39, 0.29) is 12.2 Å². The zero-order chi connectivity index (χ0) is 17.8. The number of amides is 2. The Hall–Kier alpha value is -3.02. The number of aliphatic imine (C=N–C) groups is 1. The summed E-state index contributed by atoms with van der Waals surface area (Å²) < 4.78 is 19.5. The monoisotopic (exact) mass is 340 g/mol. The van der Waals surface area contributed by atoms with Gasteiger partial charge in [0, 0.05) is 11.3 Å². The van der Waals surface area contributed by atoms with E-state index in [9.17, 15) is 14.0 Å². The molecule has 6 heteroatoms. The molecule has 2 unspecified atom stereocenters. The minimum atomic E-state index is -0.877. The smallest absolute Gasteiger partial charge is 0.341 e. The summed E-state index contributed by atoms with van der Waals surface area (Å²) in [5, 5.41) is 2.57. The Kier molecular flexibility index (Phi) is 4.88. The van der Waals surface area contributed by atoms with E-state index < -0.39 is 29.8 Å². The lowest BCUT2D eigenvalue weighted by Gasteiger charge is -2.29. The van der Waals surface area contributed by atoms with Gasteiger partial charge in [0.15, 0.2) is 0 Å². The van der Waals surface area contributed by atoms with Crippen LogP contribution < -0.4 is 5.32 Å². The van der Waals surface area contributed by atoms with Crippen LogP contribution in [-0.4, -0.2) is 17.7 Å². The third-order valence-corrected chi connectivity index (χ3v) is 4.06. The molecule has 1 heterocycles. The Morgan fingerprint density at radius 3 is 2.56 bits per heavy atom. The molecule has 0 saturated carbocycles. The van der Waals surface area contributed by atoms with Crippen molar-refractivity contribution in [3.05, 3.63) is 71.5 Å². The van der Waals surface area contributed by atoms with Gasteiger partial charge in [-0.25, -0.2) is 14.2 Å². The summed E-state index contributed by atoms with van der Waals surface area (Å²) >= 11 is 0. The number of carbonyl (C=O) groups excluding carboxylic acids is 2. The van der Waals surface area contributed by atoms with Gasteiger partial charge in [-0.3, -0.25) is 4.79 Å². The maximum atomic E-state index is 14.2. The summed E-state index contributed by atoms with van der Waals surface area (Å²) in [6.07, 6.45) is 0. The van der Waals surface area contributed by atoms with Gasteiger partial charge in [-0.05, 0) is 18.6 Å². The summed E-state index contributed by atoms with van der Waals surface area (Å²) in [6, 6.07) is 13.8. The zero-order valence-corrected chi connectivity index (χ0v) is 13.6. The molecule has 128 valence electrons. The van der Waals surface area contributed by atoms with Crippen LogP contribution in [0, 0.1) is 11.7 Å². The number of urea groups is 1. The summed E-state index contributed by atoms with van der Waals surface area (Å²) in [6.45, 7) is 1.67. The molecule has 2 aromatic rings. The molecule has 0 fully saturated rings. The van der Waals surface area contributed by atoms with Crippen molar-refractivity contribution in [1.29, 1.82) is 0 Å². The normalized spacial score (nSPS) is 19.8. The molecule has 1 N–H and O–H groups in total. The number of nitrogens with zero attached hydrogens (tertiary/aromatic N) is 1. The number of rotatable bonds is 4. The van der Waals surface area contributed by atoms with Crippen molar-refractivity contribution in [2.75, 3.05) is 0 Å². The molecule has 25 heavy (non-hydrogen) atoms. The van der Waals surface area contributed by atoms with Gasteiger partial charge in [0.25, 0.3) is 0 Å². The van der Waals surface area contributed by atoms with Crippen LogP contribution in [0.25, 0.3) is 0 Å². The van der Waals surface area contributed by atoms with E-state index in [2.05, 4.69) is 10.3 Å². The summed E-state index contributed by atoms with van der Waals surface area (Å²) in [5.74, 6) is -1.93. The predicted molar refractivity (Wildman–Crippen MR) is 90.5 cm³/mol. The van der Waals surface area contributed by atoms with Crippen molar-refractivity contribution in [3.63, 3.8) is 0 Å². The Morgan fingerprint density at radius 2 is 1.84 bits per heavy atom. The van der Waals surface area contributed by atoms with Crippen LogP contribution in [0.4, 0.5) is 9.18 Å². The number of hydrogen-bond acceptors (Lipinski definition) is 3. The number of halogens is 1. The van der Waals surface area contributed by atoms with E-state index in [1.165, 1.54) is 12.1 Å². The number of hydrogen-bond donors (Lipinski definition) is 1. The maximum Gasteiger partial charge on any atom is 0.341 e. The number of benzene rings is 2. The van der Waals surface area contributed by atoms with Crippen LogP contribution in [-0.2, 0) is 16.1 Å². The SMILES string of the molecule is CC1=NC(=O)NC(c2ccccc2F)C1C(=O)OCc1ccccc1. The van der Waals surface area contributed by atoms with E-state index in [1.54, 1.807) is 19.1 Å². The van der Waals surface area contributed by atoms with Crippen LogP contribution in [0.15, 0.2) is 59.6 Å². The minimum absolute atomic E-state index is 0.0986. The van der Waals surface area contributed by atoms with Gasteiger partial charge in [-0.15, -0.1) is 0 Å². The second kappa shape index (κ2) is 7.25. The van der Waals surface area contributed by atoms with Gasteiger partial charge < -0.3 is 10.1 Å². The average molecular weight is 340 g/mol. The van der Waals surface area contributed by atoms with Crippen LogP contribution in [0.2, 0.25) is 0 Å². The maximum absolute atomic E-state index is 14.2. The third-order valence-electron chi connectivity index (χ3n) is 4.06. The van der Waals surface area contributed by atoms with Crippen molar-refractivity contribution in [3.8, 4) is 0 Å². The van der Waals surface area contributed by atoms with Crippen molar-refractivity contribution in [1.82, 2.24) is 5.32 Å². The average Bonchev–Trinajstić information content (AvgIpc) is 2.60. The highest BCUT2D eigenvalue weighted by Gasteiger charge is 2.39. The fourth-order valence-electron chi connectivity index (χ4n) is 2.83. The van der Waals surface area contributed by atoms with Crippen molar-refractivity contribution >= 4 is 17.7 Å². The van der Waals surface area contributed by atoms with E-state index in [0.29, 0.717) is 5.71 Å². The van der Waals surface area contributed by atoms with Crippen LogP contribution >= 0.6 is 0 Å². The molecule has 0 bridgehead atoms. The molecule has 0 aliphatic carbocycles. The van der Waals surface area contributed by atoms with E-state index in [0.717, 1.165) is 5.56 Å². The Bertz CT molecular complexity index is 820. The molecule has 0 aromatic heterocycles. The Balaban J connectivity index is 1.84. The first-order valence-corrected chi connectivity index (χ1v) is 7.87. The molecular formula is C19H17FN2O3.